The van der Waals surface area contributed by atoms with Crippen molar-refractivity contribution in [2.24, 2.45) is 0 Å². The van der Waals surface area contributed by atoms with Crippen LogP contribution in [0.5, 0.6) is 0 Å². The van der Waals surface area contributed by atoms with Gasteiger partial charge in [-0.3, -0.25) is 0 Å². The Morgan fingerprint density at radius 3 is 2.65 bits per heavy atom. The molecule has 0 saturated heterocycles. The van der Waals surface area contributed by atoms with E-state index in [9.17, 15) is 0 Å². The lowest BCUT2D eigenvalue weighted by atomic mass is 10.2. The Morgan fingerprint density at radius 2 is 1.87 bits per heavy atom. The van der Waals surface area contributed by atoms with Crippen LogP contribution in [0.3, 0.4) is 0 Å². The highest BCUT2D eigenvalue weighted by Gasteiger charge is 2.13. The molecule has 0 unspecified atom stereocenters. The third kappa shape index (κ3) is 2.76. The summed E-state index contributed by atoms with van der Waals surface area (Å²) < 4.78 is 8.13. The summed E-state index contributed by atoms with van der Waals surface area (Å²) in [4.78, 5) is 0.951. The third-order valence-corrected chi connectivity index (χ3v) is 5.41. The van der Waals surface area contributed by atoms with Gasteiger partial charge in [0.15, 0.2) is 5.76 Å². The van der Waals surface area contributed by atoms with Crippen molar-refractivity contribution >= 4 is 57.0 Å². The van der Waals surface area contributed by atoms with Gasteiger partial charge in [0.2, 0.25) is 0 Å². The lowest BCUT2D eigenvalue weighted by Gasteiger charge is -2.04. The van der Waals surface area contributed by atoms with Crippen molar-refractivity contribution in [3.63, 3.8) is 0 Å². The molecule has 0 aliphatic carbocycles. The molecule has 3 nitrogen and oxygen atoms in total. The van der Waals surface area contributed by atoms with Crippen molar-refractivity contribution in [2.75, 3.05) is 0 Å². The molecule has 0 aliphatic heterocycles. The largest absolute Gasteiger partial charge is 0.355 e. The first-order valence-electron chi connectivity index (χ1n) is 6.76. The van der Waals surface area contributed by atoms with Crippen LogP contribution in [0.15, 0.2) is 47.1 Å². The molecule has 0 N–H and O–H groups in total. The number of fused-ring (bicyclic) bond motifs is 1. The van der Waals surface area contributed by atoms with Crippen molar-refractivity contribution in [1.82, 2.24) is 9.72 Å². The van der Waals surface area contributed by atoms with E-state index >= 15 is 0 Å². The van der Waals surface area contributed by atoms with E-state index in [0.717, 1.165) is 25.8 Å². The first-order chi connectivity index (χ1) is 11.1. The Balaban J connectivity index is 1.69. The fourth-order valence-electron chi connectivity index (χ4n) is 2.50. The molecule has 0 fully saturated rings. The van der Waals surface area contributed by atoms with E-state index in [1.807, 2.05) is 35.0 Å². The Morgan fingerprint density at radius 1 is 1.04 bits per heavy atom. The van der Waals surface area contributed by atoms with E-state index in [1.54, 1.807) is 12.1 Å². The molecule has 4 aromatic rings. The van der Waals surface area contributed by atoms with Crippen LogP contribution in [0.25, 0.3) is 21.5 Å². The lowest BCUT2D eigenvalue weighted by molar-refractivity contribution is 0.422. The fourth-order valence-corrected chi connectivity index (χ4v) is 3.98. The minimum absolute atomic E-state index is 0.548. The number of rotatable bonds is 3. The highest BCUT2D eigenvalue weighted by atomic mass is 35.5. The van der Waals surface area contributed by atoms with Gasteiger partial charge in [-0.25, -0.2) is 0 Å². The molecule has 1 aromatic carbocycles. The van der Waals surface area contributed by atoms with Gasteiger partial charge in [0.1, 0.15) is 5.69 Å². The van der Waals surface area contributed by atoms with E-state index in [0.29, 0.717) is 22.4 Å². The van der Waals surface area contributed by atoms with E-state index in [4.69, 9.17) is 39.3 Å². The molecule has 0 saturated carbocycles. The molecule has 0 bridgehead atoms. The molecule has 0 radical (unpaired) electrons. The maximum absolute atomic E-state index is 6.31. The number of halogens is 3. The summed E-state index contributed by atoms with van der Waals surface area (Å²) in [6.45, 7) is 0.548. The fraction of sp³-hybridized carbons (Fsp3) is 0.0625. The van der Waals surface area contributed by atoms with Gasteiger partial charge in [0.25, 0.3) is 0 Å². The molecule has 0 atom stereocenters. The van der Waals surface area contributed by atoms with Crippen molar-refractivity contribution in [1.29, 1.82) is 0 Å². The molecule has 0 aliphatic rings. The first kappa shape index (κ1) is 15.1. The number of hydrogen-bond donors (Lipinski definition) is 0. The zero-order valence-corrected chi connectivity index (χ0v) is 14.7. The summed E-state index contributed by atoms with van der Waals surface area (Å²) >= 11 is 19.9. The summed E-state index contributed by atoms with van der Waals surface area (Å²) in [5, 5.41) is 6.38. The van der Waals surface area contributed by atoms with Crippen LogP contribution < -0.4 is 0 Å². The zero-order valence-electron chi connectivity index (χ0n) is 11.6. The predicted molar refractivity (Wildman–Crippen MR) is 95.9 cm³/mol. The summed E-state index contributed by atoms with van der Waals surface area (Å²) in [6.07, 6.45) is 1.94. The minimum Gasteiger partial charge on any atom is -0.355 e. The second-order valence-electron chi connectivity index (χ2n) is 5.02. The van der Waals surface area contributed by atoms with Gasteiger partial charge in [-0.15, -0.1) is 11.3 Å². The van der Waals surface area contributed by atoms with E-state index in [-0.39, 0.29) is 0 Å². The van der Waals surface area contributed by atoms with Gasteiger partial charge in [0, 0.05) is 17.6 Å². The number of hydrogen-bond acceptors (Lipinski definition) is 3. The van der Waals surface area contributed by atoms with Gasteiger partial charge in [-0.1, -0.05) is 40.0 Å². The summed E-state index contributed by atoms with van der Waals surface area (Å²) in [7, 11) is 0. The number of aromatic nitrogens is 2. The second kappa shape index (κ2) is 5.87. The van der Waals surface area contributed by atoms with Crippen LogP contribution in [-0.4, -0.2) is 9.72 Å². The van der Waals surface area contributed by atoms with Gasteiger partial charge in [-0.05, 0) is 30.3 Å². The number of thiophene rings is 1. The quantitative estimate of drug-likeness (QED) is 0.412. The van der Waals surface area contributed by atoms with E-state index in [1.165, 1.54) is 11.3 Å². The minimum atomic E-state index is 0.548. The molecule has 116 valence electrons. The van der Waals surface area contributed by atoms with Crippen LogP contribution >= 0.6 is 46.1 Å². The van der Waals surface area contributed by atoms with Crippen molar-refractivity contribution in [3.05, 3.63) is 62.7 Å². The highest BCUT2D eigenvalue weighted by Crippen LogP contribution is 2.33. The van der Waals surface area contributed by atoms with Gasteiger partial charge >= 0.3 is 0 Å². The normalized spacial score (nSPS) is 11.4. The lowest BCUT2D eigenvalue weighted by Crippen LogP contribution is -1.98. The summed E-state index contributed by atoms with van der Waals surface area (Å²) in [5.74, 6) is 0.706. The average molecular weight is 384 g/mol. The summed E-state index contributed by atoms with van der Waals surface area (Å²) in [6, 6.07) is 11.2. The van der Waals surface area contributed by atoms with Crippen LogP contribution in [0.2, 0.25) is 14.4 Å². The molecule has 3 aromatic heterocycles. The smallest absolute Gasteiger partial charge is 0.177 e. The van der Waals surface area contributed by atoms with Crippen LogP contribution in [0, 0.1) is 0 Å². The van der Waals surface area contributed by atoms with E-state index < -0.39 is 0 Å². The maximum atomic E-state index is 6.31. The average Bonchev–Trinajstić information content (AvgIpc) is 3.23. The van der Waals surface area contributed by atoms with Crippen LogP contribution in [-0.2, 0) is 6.54 Å². The van der Waals surface area contributed by atoms with E-state index in [2.05, 4.69) is 5.16 Å². The maximum Gasteiger partial charge on any atom is 0.177 e. The Kier molecular flexibility index (Phi) is 3.85. The number of benzene rings is 1. The van der Waals surface area contributed by atoms with Crippen molar-refractivity contribution < 1.29 is 4.52 Å². The van der Waals surface area contributed by atoms with Crippen molar-refractivity contribution in [2.45, 2.75) is 6.54 Å². The molecule has 3 heterocycles. The third-order valence-electron chi connectivity index (χ3n) is 3.53. The Bertz CT molecular complexity index is 1000. The zero-order chi connectivity index (χ0) is 16.0. The van der Waals surface area contributed by atoms with Crippen molar-refractivity contribution in [3.8, 4) is 10.6 Å². The highest BCUT2D eigenvalue weighted by molar-refractivity contribution is 7.19. The Hall–Kier alpha value is -1.46. The monoisotopic (exact) mass is 382 g/mol. The molecule has 0 amide bonds. The second-order valence-corrected chi connectivity index (χ2v) is 7.55. The molecular formula is C16H9Cl3N2OS. The van der Waals surface area contributed by atoms with Gasteiger partial charge < -0.3 is 9.09 Å². The molecule has 0 spiro atoms. The van der Waals surface area contributed by atoms with Crippen LogP contribution in [0.1, 0.15) is 5.69 Å². The number of nitrogens with zero attached hydrogens (tertiary/aromatic N) is 2. The standard InChI is InChI=1S/C16H9Cl3N2OS/c17-11-1-2-12(18)16-10(11)5-6-21(16)8-9-7-13(22-20-9)14-3-4-15(19)23-14/h1-7H,8H2. The molecular weight excluding hydrogens is 375 g/mol. The summed E-state index contributed by atoms with van der Waals surface area (Å²) in [5.41, 5.74) is 1.70. The Labute approximate surface area is 151 Å². The molecule has 4 rings (SSSR count). The topological polar surface area (TPSA) is 31.0 Å². The van der Waals surface area contributed by atoms with Gasteiger partial charge in [-0.2, -0.15) is 0 Å². The first-order valence-corrected chi connectivity index (χ1v) is 8.71. The molecule has 23 heavy (non-hydrogen) atoms. The van der Waals surface area contributed by atoms with Gasteiger partial charge in [0.05, 0.1) is 31.3 Å². The molecule has 7 heteroatoms. The van der Waals surface area contributed by atoms with Crippen LogP contribution in [0.4, 0.5) is 0 Å². The predicted octanol–water partition coefficient (Wildman–Crippen LogP) is 6.37. The SMILES string of the molecule is Clc1ccc(-c2cc(Cn3ccc4c(Cl)ccc(Cl)c43)no2)s1.